The van der Waals surface area contributed by atoms with Gasteiger partial charge in [-0.2, -0.15) is 0 Å². The van der Waals surface area contributed by atoms with Crippen LogP contribution >= 0.6 is 23.2 Å². The predicted molar refractivity (Wildman–Crippen MR) is 67.9 cm³/mol. The van der Waals surface area contributed by atoms with Crippen LogP contribution in [0.25, 0.3) is 22.4 Å². The Balaban J connectivity index is 2.40. The molecule has 0 aliphatic rings. The largest absolute Gasteiger partial charge is 0.434 e. The van der Waals surface area contributed by atoms with Gasteiger partial charge in [0.25, 0.3) is 5.89 Å². The van der Waals surface area contributed by atoms with E-state index < -0.39 is 5.76 Å². The number of nitrogens with one attached hydrogen (secondary N) is 1. The summed E-state index contributed by atoms with van der Waals surface area (Å²) in [6.07, 6.45) is 1.49. The zero-order chi connectivity index (χ0) is 12.7. The Bertz CT molecular complexity index is 794. The van der Waals surface area contributed by atoms with Crippen LogP contribution < -0.4 is 5.76 Å². The number of hydrogen-bond acceptors (Lipinski definition) is 4. The Morgan fingerprint density at radius 2 is 2.11 bits per heavy atom. The number of halogens is 2. The molecule has 90 valence electrons. The summed E-state index contributed by atoms with van der Waals surface area (Å²) in [7, 11) is 0. The standard InChI is InChI=1S/C11H5Cl2N3O2/c12-6-3-5-1-2-7(13)8(9(5)14-4-6)10-15-16-11(17)18-10/h1-4H,(H,16,17). The van der Waals surface area contributed by atoms with Crippen molar-refractivity contribution in [1.82, 2.24) is 15.2 Å². The molecule has 0 aliphatic heterocycles. The summed E-state index contributed by atoms with van der Waals surface area (Å²) in [5, 5.41) is 7.64. The van der Waals surface area contributed by atoms with E-state index in [1.807, 2.05) is 0 Å². The van der Waals surface area contributed by atoms with E-state index in [0.29, 0.717) is 21.1 Å². The van der Waals surface area contributed by atoms with Crippen LogP contribution in [0, 0.1) is 0 Å². The van der Waals surface area contributed by atoms with Gasteiger partial charge in [0.1, 0.15) is 0 Å². The first-order valence-electron chi connectivity index (χ1n) is 4.95. The number of hydrogen-bond donors (Lipinski definition) is 1. The molecule has 0 atom stereocenters. The number of H-pyrrole nitrogens is 1. The van der Waals surface area contributed by atoms with Gasteiger partial charge >= 0.3 is 5.76 Å². The highest BCUT2D eigenvalue weighted by atomic mass is 35.5. The molecule has 0 amide bonds. The number of aromatic nitrogens is 3. The molecule has 0 unspecified atom stereocenters. The van der Waals surface area contributed by atoms with Crippen molar-refractivity contribution in [3.05, 3.63) is 45.0 Å². The molecule has 1 N–H and O–H groups in total. The molecular formula is C11H5Cl2N3O2. The van der Waals surface area contributed by atoms with Crippen molar-refractivity contribution in [3.63, 3.8) is 0 Å². The molecule has 1 aromatic carbocycles. The van der Waals surface area contributed by atoms with Crippen LogP contribution in [-0.2, 0) is 0 Å². The zero-order valence-corrected chi connectivity index (χ0v) is 10.3. The smallest absolute Gasteiger partial charge is 0.388 e. The fourth-order valence-corrected chi connectivity index (χ4v) is 2.09. The van der Waals surface area contributed by atoms with Crippen molar-refractivity contribution in [1.29, 1.82) is 0 Å². The third-order valence-corrected chi connectivity index (χ3v) is 2.94. The Morgan fingerprint density at radius 3 is 2.83 bits per heavy atom. The maximum atomic E-state index is 11.0. The third kappa shape index (κ3) is 1.77. The van der Waals surface area contributed by atoms with Crippen molar-refractivity contribution in [2.45, 2.75) is 0 Å². The van der Waals surface area contributed by atoms with Crippen molar-refractivity contribution in [2.75, 3.05) is 0 Å². The maximum absolute atomic E-state index is 11.0. The van der Waals surface area contributed by atoms with E-state index in [-0.39, 0.29) is 5.89 Å². The second-order valence-electron chi connectivity index (χ2n) is 3.57. The minimum atomic E-state index is -0.646. The van der Waals surface area contributed by atoms with Crippen molar-refractivity contribution in [3.8, 4) is 11.5 Å². The van der Waals surface area contributed by atoms with Gasteiger partial charge in [0.05, 0.1) is 21.1 Å². The highest BCUT2D eigenvalue weighted by Crippen LogP contribution is 2.33. The second kappa shape index (κ2) is 4.12. The molecule has 7 heteroatoms. The molecule has 0 aliphatic carbocycles. The molecule has 3 rings (SSSR count). The Kier molecular flexibility index (Phi) is 2.57. The SMILES string of the molecule is O=c1[nH]nc(-c2c(Cl)ccc3cc(Cl)cnc23)o1. The summed E-state index contributed by atoms with van der Waals surface area (Å²) in [6.45, 7) is 0. The normalized spacial score (nSPS) is 11.0. The Morgan fingerprint density at radius 1 is 1.28 bits per heavy atom. The highest BCUT2D eigenvalue weighted by molar-refractivity contribution is 6.35. The van der Waals surface area contributed by atoms with Gasteiger partial charge in [-0.25, -0.2) is 9.89 Å². The first-order chi connectivity index (χ1) is 8.65. The fourth-order valence-electron chi connectivity index (χ4n) is 1.69. The van der Waals surface area contributed by atoms with E-state index in [1.165, 1.54) is 6.20 Å². The van der Waals surface area contributed by atoms with Gasteiger partial charge in [0.2, 0.25) is 0 Å². The van der Waals surface area contributed by atoms with Crippen molar-refractivity contribution in [2.24, 2.45) is 0 Å². The molecule has 2 aromatic heterocycles. The number of pyridine rings is 1. The predicted octanol–water partition coefficient (Wildman–Crippen LogP) is 2.88. The summed E-state index contributed by atoms with van der Waals surface area (Å²) in [4.78, 5) is 15.2. The fraction of sp³-hybridized carbons (Fsp3) is 0. The summed E-state index contributed by atoms with van der Waals surface area (Å²) >= 11 is 12.0. The molecule has 0 radical (unpaired) electrons. The maximum Gasteiger partial charge on any atom is 0.434 e. The van der Waals surface area contributed by atoms with Crippen LogP contribution in [0.1, 0.15) is 0 Å². The zero-order valence-electron chi connectivity index (χ0n) is 8.78. The lowest BCUT2D eigenvalue weighted by Crippen LogP contribution is -1.93. The minimum absolute atomic E-state index is 0.102. The van der Waals surface area contributed by atoms with E-state index in [0.717, 1.165) is 5.39 Å². The summed E-state index contributed by atoms with van der Waals surface area (Å²) in [6, 6.07) is 5.20. The lowest BCUT2D eigenvalue weighted by Gasteiger charge is -2.04. The van der Waals surface area contributed by atoms with Gasteiger partial charge in [-0.3, -0.25) is 4.98 Å². The van der Waals surface area contributed by atoms with Gasteiger partial charge in [0.15, 0.2) is 0 Å². The number of benzene rings is 1. The molecular weight excluding hydrogens is 277 g/mol. The molecule has 0 saturated carbocycles. The van der Waals surface area contributed by atoms with E-state index in [2.05, 4.69) is 15.2 Å². The van der Waals surface area contributed by atoms with Gasteiger partial charge < -0.3 is 4.42 Å². The van der Waals surface area contributed by atoms with E-state index in [1.54, 1.807) is 18.2 Å². The van der Waals surface area contributed by atoms with Gasteiger partial charge in [-0.1, -0.05) is 29.3 Å². The molecule has 0 bridgehead atoms. The lowest BCUT2D eigenvalue weighted by molar-refractivity contribution is 0.527. The first-order valence-corrected chi connectivity index (χ1v) is 5.70. The lowest BCUT2D eigenvalue weighted by atomic mass is 10.1. The number of aromatic amines is 1. The molecule has 5 nitrogen and oxygen atoms in total. The van der Waals surface area contributed by atoms with Crippen LogP contribution in [0.15, 0.2) is 33.6 Å². The van der Waals surface area contributed by atoms with Crippen LogP contribution in [-0.4, -0.2) is 15.2 Å². The number of fused-ring (bicyclic) bond motifs is 1. The van der Waals surface area contributed by atoms with Crippen LogP contribution in [0.2, 0.25) is 10.0 Å². The second-order valence-corrected chi connectivity index (χ2v) is 4.41. The first kappa shape index (κ1) is 11.3. The van der Waals surface area contributed by atoms with E-state index >= 15 is 0 Å². The average Bonchev–Trinajstić information content (AvgIpc) is 2.76. The van der Waals surface area contributed by atoms with E-state index in [4.69, 9.17) is 27.6 Å². The monoisotopic (exact) mass is 281 g/mol. The van der Waals surface area contributed by atoms with Crippen LogP contribution in [0.3, 0.4) is 0 Å². The summed E-state index contributed by atoms with van der Waals surface area (Å²) in [5.74, 6) is -0.544. The topological polar surface area (TPSA) is 71.8 Å². The summed E-state index contributed by atoms with van der Waals surface area (Å²) < 4.78 is 4.91. The third-order valence-electron chi connectivity index (χ3n) is 2.42. The Hall–Kier alpha value is -1.85. The summed E-state index contributed by atoms with van der Waals surface area (Å²) in [5.41, 5.74) is 1.03. The highest BCUT2D eigenvalue weighted by Gasteiger charge is 2.15. The molecule has 18 heavy (non-hydrogen) atoms. The Labute approximate surface area is 110 Å². The van der Waals surface area contributed by atoms with Gasteiger partial charge in [-0.05, 0) is 12.1 Å². The number of rotatable bonds is 1. The minimum Gasteiger partial charge on any atom is -0.388 e. The van der Waals surface area contributed by atoms with Gasteiger partial charge in [-0.15, -0.1) is 5.10 Å². The van der Waals surface area contributed by atoms with Crippen molar-refractivity contribution >= 4 is 34.1 Å². The average molecular weight is 282 g/mol. The van der Waals surface area contributed by atoms with Crippen LogP contribution in [0.4, 0.5) is 0 Å². The van der Waals surface area contributed by atoms with Crippen LogP contribution in [0.5, 0.6) is 0 Å². The number of nitrogens with zero attached hydrogens (tertiary/aromatic N) is 2. The molecule has 0 spiro atoms. The quantitative estimate of drug-likeness (QED) is 0.744. The molecule has 0 fully saturated rings. The molecule has 2 heterocycles. The van der Waals surface area contributed by atoms with Gasteiger partial charge in [0, 0.05) is 11.6 Å². The molecule has 3 aromatic rings. The van der Waals surface area contributed by atoms with Crippen molar-refractivity contribution < 1.29 is 4.42 Å². The molecule has 0 saturated heterocycles. The van der Waals surface area contributed by atoms with E-state index in [9.17, 15) is 4.79 Å².